The summed E-state index contributed by atoms with van der Waals surface area (Å²) < 4.78 is 0. The van der Waals surface area contributed by atoms with Gasteiger partial charge in [0.1, 0.15) is 0 Å². The minimum absolute atomic E-state index is 0.0718. The third kappa shape index (κ3) is 3.83. The molecular weight excluding hydrogens is 528 g/mol. The molecule has 0 bridgehead atoms. The number of hydrogen-bond acceptors (Lipinski definition) is 0. The van der Waals surface area contributed by atoms with Crippen molar-refractivity contribution in [2.75, 3.05) is 0 Å². The minimum Gasteiger partial charge on any atom is -0.0620 e. The molecular formula is C44H38. The van der Waals surface area contributed by atoms with Gasteiger partial charge in [0, 0.05) is 10.8 Å². The van der Waals surface area contributed by atoms with Gasteiger partial charge in [0.2, 0.25) is 0 Å². The molecule has 0 amide bonds. The molecule has 2 aliphatic carbocycles. The van der Waals surface area contributed by atoms with E-state index in [1.807, 2.05) is 0 Å². The first kappa shape index (κ1) is 26.9. The van der Waals surface area contributed by atoms with Gasteiger partial charge in [-0.2, -0.15) is 0 Å². The van der Waals surface area contributed by atoms with Gasteiger partial charge in [-0.15, -0.1) is 0 Å². The van der Waals surface area contributed by atoms with Crippen molar-refractivity contribution in [2.24, 2.45) is 0 Å². The van der Waals surface area contributed by atoms with Crippen molar-refractivity contribution in [3.05, 3.63) is 155 Å². The zero-order chi connectivity index (χ0) is 30.4. The fourth-order valence-corrected chi connectivity index (χ4v) is 7.96. The molecule has 0 radical (unpaired) electrons. The van der Waals surface area contributed by atoms with E-state index in [-0.39, 0.29) is 10.8 Å². The lowest BCUT2D eigenvalue weighted by molar-refractivity contribution is 0.660. The van der Waals surface area contributed by atoms with Crippen LogP contribution in [0.5, 0.6) is 0 Å². The molecule has 0 aliphatic heterocycles. The predicted molar refractivity (Wildman–Crippen MR) is 187 cm³/mol. The van der Waals surface area contributed by atoms with Gasteiger partial charge in [0.05, 0.1) is 0 Å². The van der Waals surface area contributed by atoms with Crippen LogP contribution in [0.15, 0.2) is 121 Å². The van der Waals surface area contributed by atoms with Gasteiger partial charge in [0.25, 0.3) is 0 Å². The molecule has 0 atom stereocenters. The van der Waals surface area contributed by atoms with Crippen LogP contribution in [-0.4, -0.2) is 0 Å². The van der Waals surface area contributed by atoms with Gasteiger partial charge in [-0.25, -0.2) is 0 Å². The largest absolute Gasteiger partial charge is 0.0620 e. The molecule has 44 heavy (non-hydrogen) atoms. The maximum Gasteiger partial charge on any atom is 0.0159 e. The van der Waals surface area contributed by atoms with Crippen LogP contribution in [0, 0.1) is 13.8 Å². The third-order valence-corrected chi connectivity index (χ3v) is 10.6. The number of rotatable bonds is 3. The van der Waals surface area contributed by atoms with E-state index >= 15 is 0 Å². The van der Waals surface area contributed by atoms with Crippen molar-refractivity contribution in [1.82, 2.24) is 0 Å². The third-order valence-electron chi connectivity index (χ3n) is 10.6. The van der Waals surface area contributed by atoms with Crippen molar-refractivity contribution >= 4 is 0 Å². The van der Waals surface area contributed by atoms with Crippen LogP contribution >= 0.6 is 0 Å². The number of hydrogen-bond donors (Lipinski definition) is 0. The second-order valence-corrected chi connectivity index (χ2v) is 13.9. The van der Waals surface area contributed by atoms with Gasteiger partial charge < -0.3 is 0 Å². The maximum atomic E-state index is 2.45. The summed E-state index contributed by atoms with van der Waals surface area (Å²) in [6.07, 6.45) is 0. The summed E-state index contributed by atoms with van der Waals surface area (Å²) in [6.45, 7) is 14.0. The molecule has 214 valence electrons. The summed E-state index contributed by atoms with van der Waals surface area (Å²) in [4.78, 5) is 0. The highest BCUT2D eigenvalue weighted by Crippen LogP contribution is 2.53. The number of aryl methyl sites for hydroxylation is 2. The Hall–Kier alpha value is -4.68. The molecule has 8 rings (SSSR count). The highest BCUT2D eigenvalue weighted by Gasteiger charge is 2.38. The molecule has 0 saturated heterocycles. The van der Waals surface area contributed by atoms with Crippen LogP contribution in [0.2, 0.25) is 0 Å². The van der Waals surface area contributed by atoms with E-state index in [0.717, 1.165) is 0 Å². The molecule has 0 N–H and O–H groups in total. The second kappa shape index (κ2) is 9.41. The molecule has 0 heterocycles. The average Bonchev–Trinajstić information content (AvgIpc) is 3.39. The fourth-order valence-electron chi connectivity index (χ4n) is 7.96. The van der Waals surface area contributed by atoms with Crippen molar-refractivity contribution in [3.8, 4) is 55.6 Å². The van der Waals surface area contributed by atoms with Gasteiger partial charge in [-0.1, -0.05) is 125 Å². The standard InChI is InChI=1S/C44H38/c1-27-11-7-9-13-33(27)31-17-21-37-35-19-15-29(23-39(35)43(3,4)41(37)25-31)30-16-20-36-38-22-18-32(34-14-10-8-12-28(34)2)26-42(38)44(5,6)40(36)24-30/h7-26H,1-6H3. The van der Waals surface area contributed by atoms with E-state index in [4.69, 9.17) is 0 Å². The molecule has 0 aromatic heterocycles. The van der Waals surface area contributed by atoms with Crippen molar-refractivity contribution in [1.29, 1.82) is 0 Å². The van der Waals surface area contributed by atoms with Crippen LogP contribution in [0.1, 0.15) is 61.1 Å². The Bertz CT molecular complexity index is 1980. The van der Waals surface area contributed by atoms with Gasteiger partial charge in [-0.3, -0.25) is 0 Å². The van der Waals surface area contributed by atoms with E-state index in [9.17, 15) is 0 Å². The Morgan fingerprint density at radius 2 is 0.614 bits per heavy atom. The van der Waals surface area contributed by atoms with E-state index in [0.29, 0.717) is 0 Å². The van der Waals surface area contributed by atoms with Crippen molar-refractivity contribution in [3.63, 3.8) is 0 Å². The maximum absolute atomic E-state index is 2.45. The molecule has 0 saturated carbocycles. The molecule has 0 unspecified atom stereocenters. The zero-order valence-electron chi connectivity index (χ0n) is 26.5. The summed E-state index contributed by atoms with van der Waals surface area (Å²) >= 11 is 0. The minimum atomic E-state index is -0.0718. The molecule has 0 fully saturated rings. The Morgan fingerprint density at radius 3 is 0.955 bits per heavy atom. The zero-order valence-corrected chi connectivity index (χ0v) is 26.5. The normalized spacial score (nSPS) is 15.0. The van der Waals surface area contributed by atoms with Gasteiger partial charge >= 0.3 is 0 Å². The predicted octanol–water partition coefficient (Wildman–Crippen LogP) is 11.9. The van der Waals surface area contributed by atoms with Gasteiger partial charge in [0.15, 0.2) is 0 Å². The monoisotopic (exact) mass is 566 g/mol. The SMILES string of the molecule is Cc1ccccc1-c1ccc2c(c1)C(C)(C)c1cc(-c3ccc4c(c3)C(C)(C)c3cc(-c5ccccc5C)ccc3-4)ccc1-2. The summed E-state index contributed by atoms with van der Waals surface area (Å²) in [5.74, 6) is 0. The molecule has 0 heteroatoms. The van der Waals surface area contributed by atoms with Crippen molar-refractivity contribution < 1.29 is 0 Å². The Kier molecular flexibility index (Phi) is 5.75. The van der Waals surface area contributed by atoms with E-state index in [1.54, 1.807) is 0 Å². The van der Waals surface area contributed by atoms with E-state index in [1.165, 1.54) is 89.0 Å². The smallest absolute Gasteiger partial charge is 0.0159 e. The lowest BCUT2D eigenvalue weighted by atomic mass is 9.79. The first-order valence-electron chi connectivity index (χ1n) is 15.9. The molecule has 6 aromatic rings. The number of fused-ring (bicyclic) bond motifs is 6. The summed E-state index contributed by atoms with van der Waals surface area (Å²) in [5, 5.41) is 0. The first-order valence-corrected chi connectivity index (χ1v) is 15.9. The van der Waals surface area contributed by atoms with Crippen molar-refractivity contribution in [2.45, 2.75) is 52.4 Å². The van der Waals surface area contributed by atoms with Crippen LogP contribution in [0.3, 0.4) is 0 Å². The Morgan fingerprint density at radius 1 is 0.318 bits per heavy atom. The quantitative estimate of drug-likeness (QED) is 0.200. The van der Waals surface area contributed by atoms with Crippen LogP contribution < -0.4 is 0 Å². The summed E-state index contributed by atoms with van der Waals surface area (Å²) in [7, 11) is 0. The van der Waals surface area contributed by atoms with Crippen LogP contribution in [-0.2, 0) is 10.8 Å². The fraction of sp³-hybridized carbons (Fsp3) is 0.182. The van der Waals surface area contributed by atoms with E-state index < -0.39 is 0 Å². The topological polar surface area (TPSA) is 0 Å². The number of benzene rings is 6. The molecule has 0 spiro atoms. The second-order valence-electron chi connectivity index (χ2n) is 13.9. The average molecular weight is 567 g/mol. The summed E-state index contributed by atoms with van der Waals surface area (Å²) in [6, 6.07) is 45.8. The first-order chi connectivity index (χ1) is 21.1. The molecule has 2 aliphatic rings. The molecule has 0 nitrogen and oxygen atoms in total. The highest BCUT2D eigenvalue weighted by molar-refractivity contribution is 5.89. The molecule has 6 aromatic carbocycles. The Labute approximate surface area is 262 Å². The lowest BCUT2D eigenvalue weighted by Gasteiger charge is -2.24. The van der Waals surface area contributed by atoms with Crippen LogP contribution in [0.25, 0.3) is 55.6 Å². The van der Waals surface area contributed by atoms with E-state index in [2.05, 4.69) is 163 Å². The lowest BCUT2D eigenvalue weighted by Crippen LogP contribution is -2.15. The Balaban J connectivity index is 1.18. The summed E-state index contributed by atoms with van der Waals surface area (Å²) in [5.41, 5.74) is 21.4. The van der Waals surface area contributed by atoms with Gasteiger partial charge in [-0.05, 0) is 127 Å². The van der Waals surface area contributed by atoms with Crippen LogP contribution in [0.4, 0.5) is 0 Å². The highest BCUT2D eigenvalue weighted by atomic mass is 14.4.